The van der Waals surface area contributed by atoms with Gasteiger partial charge in [0, 0.05) is 13.0 Å². The molecule has 30 heavy (non-hydrogen) atoms. The summed E-state index contributed by atoms with van der Waals surface area (Å²) in [5, 5.41) is 8.39. The molecule has 0 amide bonds. The number of hydrogen-bond acceptors (Lipinski definition) is 9. The van der Waals surface area contributed by atoms with Crippen LogP contribution in [0.25, 0.3) is 0 Å². The first-order chi connectivity index (χ1) is 14.6. The van der Waals surface area contributed by atoms with Gasteiger partial charge in [-0.05, 0) is 6.42 Å². The summed E-state index contributed by atoms with van der Waals surface area (Å²) in [7, 11) is 0. The highest BCUT2D eigenvalue weighted by atomic mass is 16.6. The number of esters is 1. The lowest BCUT2D eigenvalue weighted by Gasteiger charge is -2.08. The van der Waals surface area contributed by atoms with Crippen LogP contribution in [-0.4, -0.2) is 95.5 Å². The molecule has 0 aliphatic rings. The molecule has 0 aromatic carbocycles. The van der Waals surface area contributed by atoms with Crippen LogP contribution in [0.3, 0.4) is 0 Å². The van der Waals surface area contributed by atoms with Gasteiger partial charge in [0.05, 0.1) is 65.9 Å². The highest BCUT2D eigenvalue weighted by Gasteiger charge is 2.14. The standard InChI is InChI=1S/C20H36O10/c1-2-3-4-7-25-8-9-26-10-11-27-12-13-28-14-15-29-16-17-30-19(22)6-5-18(21)20(23)24/h2-17H2,1H3,(H,23,24). The fourth-order valence-corrected chi connectivity index (χ4v) is 2.04. The Morgan fingerprint density at radius 3 is 1.47 bits per heavy atom. The monoisotopic (exact) mass is 436 g/mol. The van der Waals surface area contributed by atoms with Gasteiger partial charge in [-0.25, -0.2) is 4.79 Å². The van der Waals surface area contributed by atoms with Gasteiger partial charge >= 0.3 is 11.9 Å². The summed E-state index contributed by atoms with van der Waals surface area (Å²) in [6.45, 7) is 7.00. The summed E-state index contributed by atoms with van der Waals surface area (Å²) in [6, 6.07) is 0. The van der Waals surface area contributed by atoms with E-state index in [1.54, 1.807) is 0 Å². The number of rotatable bonds is 23. The van der Waals surface area contributed by atoms with E-state index in [9.17, 15) is 14.4 Å². The molecule has 0 spiro atoms. The van der Waals surface area contributed by atoms with Crippen LogP contribution in [-0.2, 0) is 42.8 Å². The van der Waals surface area contributed by atoms with Crippen LogP contribution in [0.1, 0.15) is 39.0 Å². The molecule has 0 saturated carbocycles. The minimum Gasteiger partial charge on any atom is -0.476 e. The van der Waals surface area contributed by atoms with Crippen LogP contribution >= 0.6 is 0 Å². The third-order valence-corrected chi connectivity index (χ3v) is 3.67. The van der Waals surface area contributed by atoms with Gasteiger partial charge in [0.25, 0.3) is 0 Å². The van der Waals surface area contributed by atoms with Crippen molar-refractivity contribution in [2.75, 3.05) is 72.7 Å². The van der Waals surface area contributed by atoms with Crippen molar-refractivity contribution >= 4 is 17.7 Å². The number of ether oxygens (including phenoxy) is 6. The largest absolute Gasteiger partial charge is 0.476 e. The van der Waals surface area contributed by atoms with E-state index in [0.29, 0.717) is 52.9 Å². The summed E-state index contributed by atoms with van der Waals surface area (Å²) >= 11 is 0. The Morgan fingerprint density at radius 1 is 0.600 bits per heavy atom. The van der Waals surface area contributed by atoms with Crippen LogP contribution in [0.15, 0.2) is 0 Å². The van der Waals surface area contributed by atoms with Crippen molar-refractivity contribution in [3.63, 3.8) is 0 Å². The van der Waals surface area contributed by atoms with Gasteiger partial charge < -0.3 is 33.5 Å². The third kappa shape index (κ3) is 21.1. The van der Waals surface area contributed by atoms with Crippen molar-refractivity contribution in [3.8, 4) is 0 Å². The lowest BCUT2D eigenvalue weighted by atomic mass is 10.2. The average Bonchev–Trinajstić information content (AvgIpc) is 2.73. The predicted molar refractivity (Wildman–Crippen MR) is 106 cm³/mol. The first-order valence-corrected chi connectivity index (χ1v) is 10.4. The molecule has 10 nitrogen and oxygen atoms in total. The first-order valence-electron chi connectivity index (χ1n) is 10.4. The third-order valence-electron chi connectivity index (χ3n) is 3.67. The van der Waals surface area contributed by atoms with Crippen molar-refractivity contribution in [1.29, 1.82) is 0 Å². The molecular weight excluding hydrogens is 400 g/mol. The van der Waals surface area contributed by atoms with Crippen LogP contribution in [0.5, 0.6) is 0 Å². The van der Waals surface area contributed by atoms with E-state index >= 15 is 0 Å². The van der Waals surface area contributed by atoms with E-state index in [4.69, 9.17) is 33.5 Å². The number of Topliss-reactive ketones (excluding diaryl/α,β-unsaturated/α-hetero) is 1. The molecule has 176 valence electrons. The van der Waals surface area contributed by atoms with E-state index in [1.807, 2.05) is 0 Å². The zero-order valence-electron chi connectivity index (χ0n) is 17.9. The first kappa shape index (κ1) is 28.4. The van der Waals surface area contributed by atoms with Gasteiger partial charge in [-0.3, -0.25) is 9.59 Å². The minimum absolute atomic E-state index is 0.0347. The van der Waals surface area contributed by atoms with Gasteiger partial charge in [-0.15, -0.1) is 0 Å². The van der Waals surface area contributed by atoms with E-state index in [1.165, 1.54) is 12.8 Å². The number of carbonyl (C=O) groups excluding carboxylic acids is 2. The molecule has 0 aromatic rings. The number of carbonyl (C=O) groups is 3. The molecule has 0 fully saturated rings. The van der Waals surface area contributed by atoms with Gasteiger partial charge in [-0.1, -0.05) is 19.8 Å². The molecule has 10 heteroatoms. The Labute approximate surface area is 178 Å². The van der Waals surface area contributed by atoms with Crippen molar-refractivity contribution in [1.82, 2.24) is 0 Å². The van der Waals surface area contributed by atoms with Crippen LogP contribution in [0.2, 0.25) is 0 Å². The highest BCUT2D eigenvalue weighted by molar-refractivity contribution is 6.32. The summed E-state index contributed by atoms with van der Waals surface area (Å²) in [5.41, 5.74) is 0. The zero-order chi connectivity index (χ0) is 22.3. The molecule has 0 saturated heterocycles. The Kier molecular flexibility index (Phi) is 20.9. The molecule has 0 atom stereocenters. The van der Waals surface area contributed by atoms with Crippen LogP contribution in [0, 0.1) is 0 Å². The van der Waals surface area contributed by atoms with Crippen LogP contribution in [0.4, 0.5) is 0 Å². The Hall–Kier alpha value is -1.59. The number of carboxylic acid groups (broad SMARTS) is 1. The molecular formula is C20H36O10. The molecule has 0 heterocycles. The molecule has 0 radical (unpaired) electrons. The van der Waals surface area contributed by atoms with E-state index in [0.717, 1.165) is 13.0 Å². The summed E-state index contributed by atoms with van der Waals surface area (Å²) in [5.74, 6) is -3.20. The van der Waals surface area contributed by atoms with Crippen LogP contribution < -0.4 is 0 Å². The maximum atomic E-state index is 11.3. The normalized spacial score (nSPS) is 10.8. The second kappa shape index (κ2) is 22.1. The van der Waals surface area contributed by atoms with Gasteiger partial charge in [0.2, 0.25) is 5.78 Å². The Bertz CT molecular complexity index is 441. The summed E-state index contributed by atoms with van der Waals surface area (Å²) in [4.78, 5) is 32.4. The molecule has 0 rings (SSSR count). The maximum absolute atomic E-state index is 11.3. The van der Waals surface area contributed by atoms with Crippen molar-refractivity contribution < 1.29 is 47.9 Å². The second-order valence-electron chi connectivity index (χ2n) is 6.22. The number of aliphatic carboxylic acids is 1. The van der Waals surface area contributed by atoms with Gasteiger partial charge in [-0.2, -0.15) is 0 Å². The lowest BCUT2D eigenvalue weighted by molar-refractivity contribution is -0.151. The number of ketones is 1. The number of hydrogen-bond donors (Lipinski definition) is 1. The fourth-order valence-electron chi connectivity index (χ4n) is 2.04. The van der Waals surface area contributed by atoms with E-state index in [-0.39, 0.29) is 26.1 Å². The second-order valence-corrected chi connectivity index (χ2v) is 6.22. The Balaban J connectivity index is 3.17. The average molecular weight is 436 g/mol. The molecule has 0 aliphatic heterocycles. The Morgan fingerprint density at radius 2 is 1.03 bits per heavy atom. The summed E-state index contributed by atoms with van der Waals surface area (Å²) in [6.07, 6.45) is 2.85. The maximum Gasteiger partial charge on any atom is 0.372 e. The summed E-state index contributed by atoms with van der Waals surface area (Å²) < 4.78 is 31.6. The quantitative estimate of drug-likeness (QED) is 0.142. The number of unbranched alkanes of at least 4 members (excludes halogenated alkanes) is 2. The molecule has 0 aromatic heterocycles. The zero-order valence-corrected chi connectivity index (χ0v) is 17.9. The molecule has 0 bridgehead atoms. The van der Waals surface area contributed by atoms with E-state index in [2.05, 4.69) is 6.92 Å². The molecule has 0 aliphatic carbocycles. The highest BCUT2D eigenvalue weighted by Crippen LogP contribution is 1.95. The SMILES string of the molecule is CCCCCOCCOCCOCCOCCOCCOC(=O)CCC(=O)C(=O)O. The van der Waals surface area contributed by atoms with Gasteiger partial charge in [0.1, 0.15) is 6.61 Å². The van der Waals surface area contributed by atoms with Gasteiger partial charge in [0.15, 0.2) is 0 Å². The molecule has 0 unspecified atom stereocenters. The smallest absolute Gasteiger partial charge is 0.372 e. The number of carboxylic acids is 1. The lowest BCUT2D eigenvalue weighted by Crippen LogP contribution is -2.17. The minimum atomic E-state index is -1.55. The van der Waals surface area contributed by atoms with Crippen molar-refractivity contribution in [2.24, 2.45) is 0 Å². The molecule has 1 N–H and O–H groups in total. The predicted octanol–water partition coefficient (Wildman–Crippen LogP) is 1.24. The van der Waals surface area contributed by atoms with Crippen molar-refractivity contribution in [3.05, 3.63) is 0 Å². The fraction of sp³-hybridized carbons (Fsp3) is 0.850. The topological polar surface area (TPSA) is 127 Å². The van der Waals surface area contributed by atoms with Crippen molar-refractivity contribution in [2.45, 2.75) is 39.0 Å². The van der Waals surface area contributed by atoms with E-state index < -0.39 is 17.7 Å².